The van der Waals surface area contributed by atoms with Gasteiger partial charge in [0.05, 0.1) is 31.6 Å². The van der Waals surface area contributed by atoms with Gasteiger partial charge in [-0.1, -0.05) is 0 Å². The maximum Gasteiger partial charge on any atom is 0.199 e. The van der Waals surface area contributed by atoms with Crippen LogP contribution in [0, 0.1) is 0 Å². The minimum absolute atomic E-state index is 0.0493. The molecule has 0 saturated carbocycles. The third-order valence-corrected chi connectivity index (χ3v) is 2.05. The van der Waals surface area contributed by atoms with E-state index in [2.05, 4.69) is 25.8 Å². The highest BCUT2D eigenvalue weighted by atomic mass is 16.5. The number of aromatic nitrogens is 5. The van der Waals surface area contributed by atoms with Crippen molar-refractivity contribution in [3.8, 4) is 0 Å². The summed E-state index contributed by atoms with van der Waals surface area (Å²) in [6.45, 7) is 0.335. The number of hydrogen-bond acceptors (Lipinski definition) is 7. The van der Waals surface area contributed by atoms with Crippen LogP contribution in [0.2, 0.25) is 0 Å². The number of methoxy groups -OCH3 is 1. The summed E-state index contributed by atoms with van der Waals surface area (Å²) in [5.74, 6) is 0.610. The zero-order chi connectivity index (χ0) is 11.4. The van der Waals surface area contributed by atoms with Crippen LogP contribution in [0.1, 0.15) is 0 Å². The lowest BCUT2D eigenvalue weighted by Crippen LogP contribution is -2.29. The molecule has 0 aliphatic heterocycles. The highest BCUT2D eigenvalue weighted by molar-refractivity contribution is 5.44. The summed E-state index contributed by atoms with van der Waals surface area (Å²) in [5, 5.41) is 23.3. The number of aliphatic hydroxyl groups excluding tert-OH is 1. The van der Waals surface area contributed by atoms with E-state index < -0.39 is 0 Å². The molecule has 0 radical (unpaired) electrons. The Labute approximate surface area is 91.3 Å². The third kappa shape index (κ3) is 2.07. The van der Waals surface area contributed by atoms with Crippen molar-refractivity contribution in [2.24, 2.45) is 0 Å². The molecule has 2 rings (SSSR count). The number of tetrazole rings is 1. The van der Waals surface area contributed by atoms with E-state index in [1.165, 1.54) is 4.52 Å². The summed E-state index contributed by atoms with van der Waals surface area (Å²) in [5.41, 5.74) is 0.541. The van der Waals surface area contributed by atoms with Gasteiger partial charge in [-0.05, 0) is 10.4 Å². The van der Waals surface area contributed by atoms with Crippen LogP contribution in [0.4, 0.5) is 5.82 Å². The van der Waals surface area contributed by atoms with Gasteiger partial charge < -0.3 is 15.2 Å². The molecule has 0 aliphatic rings. The quantitative estimate of drug-likeness (QED) is 0.668. The monoisotopic (exact) mass is 224 g/mol. The zero-order valence-electron chi connectivity index (χ0n) is 8.74. The van der Waals surface area contributed by atoms with Crippen LogP contribution in [0.5, 0.6) is 0 Å². The second kappa shape index (κ2) is 4.81. The zero-order valence-corrected chi connectivity index (χ0v) is 8.74. The van der Waals surface area contributed by atoms with Crippen molar-refractivity contribution in [3.63, 3.8) is 0 Å². The Kier molecular flexibility index (Phi) is 3.22. The van der Waals surface area contributed by atoms with Crippen LogP contribution >= 0.6 is 0 Å². The second-order valence-electron chi connectivity index (χ2n) is 3.22. The van der Waals surface area contributed by atoms with Crippen LogP contribution in [0.25, 0.3) is 5.65 Å². The van der Waals surface area contributed by atoms with Gasteiger partial charge in [0.2, 0.25) is 0 Å². The van der Waals surface area contributed by atoms with Gasteiger partial charge in [-0.3, -0.25) is 4.98 Å². The number of fused-ring (bicyclic) bond motifs is 1. The SMILES string of the molecule is COCC(CO)Nc1cncc2nnnn12. The Hall–Kier alpha value is -1.80. The lowest BCUT2D eigenvalue weighted by Gasteiger charge is -2.16. The first kappa shape index (κ1) is 10.7. The Morgan fingerprint density at radius 2 is 2.44 bits per heavy atom. The Bertz CT molecular complexity index is 458. The number of anilines is 1. The minimum atomic E-state index is -0.221. The maximum absolute atomic E-state index is 9.12. The molecule has 2 heterocycles. The summed E-state index contributed by atoms with van der Waals surface area (Å²) >= 11 is 0. The van der Waals surface area contributed by atoms with Crippen LogP contribution in [-0.2, 0) is 4.74 Å². The van der Waals surface area contributed by atoms with Gasteiger partial charge in [0.25, 0.3) is 0 Å². The van der Waals surface area contributed by atoms with Gasteiger partial charge in [-0.2, -0.15) is 4.52 Å². The molecular weight excluding hydrogens is 212 g/mol. The van der Waals surface area contributed by atoms with Gasteiger partial charge in [0, 0.05) is 7.11 Å². The molecule has 1 unspecified atom stereocenters. The van der Waals surface area contributed by atoms with Gasteiger partial charge in [-0.25, -0.2) is 0 Å². The number of rotatable bonds is 5. The number of hydrogen-bond donors (Lipinski definition) is 2. The summed E-state index contributed by atoms with van der Waals surface area (Å²) < 4.78 is 6.46. The van der Waals surface area contributed by atoms with Gasteiger partial charge in [-0.15, -0.1) is 5.10 Å². The molecule has 0 aromatic carbocycles. The predicted molar refractivity (Wildman–Crippen MR) is 54.9 cm³/mol. The number of ether oxygens (including phenoxy) is 1. The van der Waals surface area contributed by atoms with E-state index >= 15 is 0 Å². The molecular formula is C8H12N6O2. The molecule has 0 bridgehead atoms. The molecule has 86 valence electrons. The highest BCUT2D eigenvalue weighted by Crippen LogP contribution is 2.07. The van der Waals surface area contributed by atoms with Gasteiger partial charge >= 0.3 is 0 Å². The molecule has 2 N–H and O–H groups in total. The van der Waals surface area contributed by atoms with Crippen molar-refractivity contribution >= 4 is 11.5 Å². The normalized spacial score (nSPS) is 12.9. The average Bonchev–Trinajstić information content (AvgIpc) is 2.77. The molecule has 0 amide bonds. The topological polar surface area (TPSA) is 97.5 Å². The van der Waals surface area contributed by atoms with E-state index in [1.807, 2.05) is 0 Å². The predicted octanol–water partition coefficient (Wildman–Crippen LogP) is -1.06. The van der Waals surface area contributed by atoms with Crippen molar-refractivity contribution in [2.75, 3.05) is 25.6 Å². The summed E-state index contributed by atoms with van der Waals surface area (Å²) in [6, 6.07) is -0.221. The van der Waals surface area contributed by atoms with Crippen molar-refractivity contribution in [1.82, 2.24) is 25.0 Å². The van der Waals surface area contributed by atoms with E-state index in [9.17, 15) is 0 Å². The first-order chi connectivity index (χ1) is 7.85. The molecule has 2 aromatic heterocycles. The van der Waals surface area contributed by atoms with Crippen LogP contribution in [0.3, 0.4) is 0 Å². The first-order valence-electron chi connectivity index (χ1n) is 4.73. The van der Waals surface area contributed by atoms with Crippen molar-refractivity contribution in [2.45, 2.75) is 6.04 Å². The van der Waals surface area contributed by atoms with E-state index in [1.54, 1.807) is 19.5 Å². The number of aliphatic hydroxyl groups is 1. The lowest BCUT2D eigenvalue weighted by molar-refractivity contribution is 0.153. The van der Waals surface area contributed by atoms with E-state index in [0.29, 0.717) is 18.1 Å². The largest absolute Gasteiger partial charge is 0.394 e. The first-order valence-corrected chi connectivity index (χ1v) is 4.73. The highest BCUT2D eigenvalue weighted by Gasteiger charge is 2.10. The summed E-state index contributed by atoms with van der Waals surface area (Å²) in [6.07, 6.45) is 3.14. The van der Waals surface area contributed by atoms with Crippen LogP contribution in [0.15, 0.2) is 12.4 Å². The lowest BCUT2D eigenvalue weighted by atomic mass is 10.3. The fraction of sp³-hybridized carbons (Fsp3) is 0.500. The number of nitrogens with zero attached hydrogens (tertiary/aromatic N) is 5. The fourth-order valence-electron chi connectivity index (χ4n) is 1.32. The molecule has 1 atom stereocenters. The second-order valence-corrected chi connectivity index (χ2v) is 3.22. The Morgan fingerprint density at radius 1 is 1.56 bits per heavy atom. The Balaban J connectivity index is 2.22. The van der Waals surface area contributed by atoms with E-state index in [4.69, 9.17) is 9.84 Å². The van der Waals surface area contributed by atoms with Crippen LogP contribution < -0.4 is 5.32 Å². The third-order valence-electron chi connectivity index (χ3n) is 2.05. The molecule has 0 saturated heterocycles. The van der Waals surface area contributed by atoms with Gasteiger partial charge in [0.15, 0.2) is 11.5 Å². The number of nitrogens with one attached hydrogen (secondary N) is 1. The van der Waals surface area contributed by atoms with Gasteiger partial charge in [0.1, 0.15) is 0 Å². The molecule has 0 aliphatic carbocycles. The molecule has 8 nitrogen and oxygen atoms in total. The van der Waals surface area contributed by atoms with E-state index in [-0.39, 0.29) is 12.6 Å². The summed E-state index contributed by atoms with van der Waals surface area (Å²) in [4.78, 5) is 3.98. The van der Waals surface area contributed by atoms with Crippen molar-refractivity contribution in [3.05, 3.63) is 12.4 Å². The molecule has 8 heteroatoms. The molecule has 0 spiro atoms. The summed E-state index contributed by atoms with van der Waals surface area (Å²) in [7, 11) is 1.57. The molecule has 0 fully saturated rings. The minimum Gasteiger partial charge on any atom is -0.394 e. The molecule has 2 aromatic rings. The van der Waals surface area contributed by atoms with Crippen LogP contribution in [-0.4, -0.2) is 56.5 Å². The molecule has 16 heavy (non-hydrogen) atoms. The van der Waals surface area contributed by atoms with Crippen molar-refractivity contribution in [1.29, 1.82) is 0 Å². The van der Waals surface area contributed by atoms with E-state index in [0.717, 1.165) is 0 Å². The standard InChI is InChI=1S/C8H12N6O2/c1-16-5-6(4-15)10-7-2-9-3-8-11-12-13-14(7)8/h2-3,6,10,15H,4-5H2,1H3. The van der Waals surface area contributed by atoms with Crippen molar-refractivity contribution < 1.29 is 9.84 Å². The maximum atomic E-state index is 9.12. The fourth-order valence-corrected chi connectivity index (χ4v) is 1.32. The average molecular weight is 224 g/mol. The Morgan fingerprint density at radius 3 is 3.19 bits per heavy atom. The smallest absolute Gasteiger partial charge is 0.199 e.